The SMILES string of the molecule is CCc1ccccc1NC(=O)C1CCNC1C. The lowest BCUT2D eigenvalue weighted by Crippen LogP contribution is -2.32. The average Bonchev–Trinajstić information content (AvgIpc) is 2.76. The molecule has 1 heterocycles. The Balaban J connectivity index is 2.07. The number of aryl methyl sites for hydroxylation is 1. The van der Waals surface area contributed by atoms with Crippen molar-refractivity contribution in [1.29, 1.82) is 0 Å². The van der Waals surface area contributed by atoms with E-state index < -0.39 is 0 Å². The van der Waals surface area contributed by atoms with Crippen LogP contribution in [-0.2, 0) is 11.2 Å². The lowest BCUT2D eigenvalue weighted by molar-refractivity contribution is -0.120. The Morgan fingerprint density at radius 3 is 2.88 bits per heavy atom. The largest absolute Gasteiger partial charge is 0.326 e. The molecule has 1 amide bonds. The Morgan fingerprint density at radius 1 is 1.47 bits per heavy atom. The van der Waals surface area contributed by atoms with Gasteiger partial charge in [-0.15, -0.1) is 0 Å². The zero-order chi connectivity index (χ0) is 12.3. The molecule has 0 radical (unpaired) electrons. The maximum absolute atomic E-state index is 12.1. The molecule has 92 valence electrons. The van der Waals surface area contributed by atoms with Crippen LogP contribution < -0.4 is 10.6 Å². The fraction of sp³-hybridized carbons (Fsp3) is 0.500. The van der Waals surface area contributed by atoms with E-state index in [1.807, 2.05) is 18.2 Å². The number of hydrogen-bond donors (Lipinski definition) is 2. The highest BCUT2D eigenvalue weighted by molar-refractivity contribution is 5.93. The normalized spacial score (nSPS) is 23.6. The van der Waals surface area contributed by atoms with Gasteiger partial charge in [0, 0.05) is 11.7 Å². The maximum Gasteiger partial charge on any atom is 0.229 e. The molecule has 1 aromatic rings. The Kier molecular flexibility index (Phi) is 3.79. The number of carbonyl (C=O) groups excluding carboxylic acids is 1. The number of para-hydroxylation sites is 1. The highest BCUT2D eigenvalue weighted by atomic mass is 16.1. The van der Waals surface area contributed by atoms with Crippen LogP contribution in [0.1, 0.15) is 25.8 Å². The predicted octanol–water partition coefficient (Wildman–Crippen LogP) is 2.19. The number of nitrogens with one attached hydrogen (secondary N) is 2. The molecule has 0 spiro atoms. The summed E-state index contributed by atoms with van der Waals surface area (Å²) in [5.41, 5.74) is 2.15. The Morgan fingerprint density at radius 2 is 2.24 bits per heavy atom. The first kappa shape index (κ1) is 12.1. The molecule has 0 aromatic heterocycles. The summed E-state index contributed by atoms with van der Waals surface area (Å²) in [4.78, 5) is 12.1. The maximum atomic E-state index is 12.1. The van der Waals surface area contributed by atoms with E-state index in [0.717, 1.165) is 25.1 Å². The van der Waals surface area contributed by atoms with Crippen molar-refractivity contribution in [1.82, 2.24) is 5.32 Å². The van der Waals surface area contributed by atoms with E-state index in [9.17, 15) is 4.79 Å². The Hall–Kier alpha value is -1.35. The van der Waals surface area contributed by atoms with Crippen LogP contribution >= 0.6 is 0 Å². The van der Waals surface area contributed by atoms with Crippen LogP contribution in [0.4, 0.5) is 5.69 Å². The van der Waals surface area contributed by atoms with Crippen molar-refractivity contribution in [3.8, 4) is 0 Å². The van der Waals surface area contributed by atoms with Gasteiger partial charge in [0.2, 0.25) is 5.91 Å². The molecule has 1 aliphatic rings. The number of amides is 1. The molecule has 0 saturated carbocycles. The molecule has 3 nitrogen and oxygen atoms in total. The number of anilines is 1. The van der Waals surface area contributed by atoms with Crippen LogP contribution in [0.2, 0.25) is 0 Å². The minimum Gasteiger partial charge on any atom is -0.326 e. The Bertz CT molecular complexity index is 403. The van der Waals surface area contributed by atoms with Crippen LogP contribution in [0, 0.1) is 5.92 Å². The molecule has 0 aliphatic carbocycles. The van der Waals surface area contributed by atoms with Gasteiger partial charge in [0.1, 0.15) is 0 Å². The van der Waals surface area contributed by atoms with Crippen LogP contribution in [-0.4, -0.2) is 18.5 Å². The van der Waals surface area contributed by atoms with Crippen molar-refractivity contribution >= 4 is 11.6 Å². The molecule has 0 bridgehead atoms. The minimum absolute atomic E-state index is 0.0971. The zero-order valence-electron chi connectivity index (χ0n) is 10.5. The molecule has 1 aromatic carbocycles. The van der Waals surface area contributed by atoms with Gasteiger partial charge in [-0.1, -0.05) is 25.1 Å². The van der Waals surface area contributed by atoms with Crippen LogP contribution in [0.15, 0.2) is 24.3 Å². The summed E-state index contributed by atoms with van der Waals surface area (Å²) in [6.07, 6.45) is 1.87. The molecule has 1 saturated heterocycles. The van der Waals surface area contributed by atoms with Crippen molar-refractivity contribution in [3.05, 3.63) is 29.8 Å². The summed E-state index contributed by atoms with van der Waals surface area (Å²) in [5, 5.41) is 6.36. The fourth-order valence-corrected chi connectivity index (χ4v) is 2.39. The smallest absolute Gasteiger partial charge is 0.229 e. The quantitative estimate of drug-likeness (QED) is 0.838. The van der Waals surface area contributed by atoms with Crippen molar-refractivity contribution in [2.45, 2.75) is 32.7 Å². The molecule has 2 rings (SSSR count). The van der Waals surface area contributed by atoms with Crippen LogP contribution in [0.3, 0.4) is 0 Å². The van der Waals surface area contributed by atoms with Crippen molar-refractivity contribution < 1.29 is 4.79 Å². The first-order chi connectivity index (χ1) is 8.22. The fourth-order valence-electron chi connectivity index (χ4n) is 2.39. The number of rotatable bonds is 3. The van der Waals surface area contributed by atoms with Crippen LogP contribution in [0.5, 0.6) is 0 Å². The molecule has 3 heteroatoms. The molecule has 17 heavy (non-hydrogen) atoms. The van der Waals surface area contributed by atoms with E-state index in [0.29, 0.717) is 0 Å². The number of benzene rings is 1. The van der Waals surface area contributed by atoms with Gasteiger partial charge in [0.05, 0.1) is 5.92 Å². The molecule has 2 unspecified atom stereocenters. The predicted molar refractivity (Wildman–Crippen MR) is 70.0 cm³/mol. The molecule has 2 atom stereocenters. The van der Waals surface area contributed by atoms with Gasteiger partial charge in [0.25, 0.3) is 0 Å². The van der Waals surface area contributed by atoms with Gasteiger partial charge in [-0.2, -0.15) is 0 Å². The van der Waals surface area contributed by atoms with E-state index in [1.165, 1.54) is 5.56 Å². The van der Waals surface area contributed by atoms with E-state index in [1.54, 1.807) is 0 Å². The lowest BCUT2D eigenvalue weighted by atomic mass is 10.0. The molecular weight excluding hydrogens is 212 g/mol. The van der Waals surface area contributed by atoms with Gasteiger partial charge in [-0.3, -0.25) is 4.79 Å². The van der Waals surface area contributed by atoms with Gasteiger partial charge in [-0.25, -0.2) is 0 Å². The van der Waals surface area contributed by atoms with Crippen LogP contribution in [0.25, 0.3) is 0 Å². The summed E-state index contributed by atoms with van der Waals surface area (Å²) in [5.74, 6) is 0.239. The summed E-state index contributed by atoms with van der Waals surface area (Å²) < 4.78 is 0. The van der Waals surface area contributed by atoms with Crippen molar-refractivity contribution in [2.24, 2.45) is 5.92 Å². The number of carbonyl (C=O) groups is 1. The molecule has 2 N–H and O–H groups in total. The first-order valence-electron chi connectivity index (χ1n) is 6.34. The van der Waals surface area contributed by atoms with Crippen molar-refractivity contribution in [3.63, 3.8) is 0 Å². The van der Waals surface area contributed by atoms with E-state index >= 15 is 0 Å². The van der Waals surface area contributed by atoms with Gasteiger partial charge < -0.3 is 10.6 Å². The van der Waals surface area contributed by atoms with Gasteiger partial charge in [0.15, 0.2) is 0 Å². The monoisotopic (exact) mass is 232 g/mol. The third kappa shape index (κ3) is 2.67. The van der Waals surface area contributed by atoms with E-state index in [2.05, 4.69) is 30.5 Å². The first-order valence-corrected chi connectivity index (χ1v) is 6.34. The highest BCUT2D eigenvalue weighted by Gasteiger charge is 2.29. The third-order valence-corrected chi connectivity index (χ3v) is 3.52. The second kappa shape index (κ2) is 5.32. The van der Waals surface area contributed by atoms with Gasteiger partial charge in [-0.05, 0) is 37.9 Å². The third-order valence-electron chi connectivity index (χ3n) is 3.52. The Labute approximate surface area is 103 Å². The molecule has 1 fully saturated rings. The molecular formula is C14H20N2O. The summed E-state index contributed by atoms with van der Waals surface area (Å²) in [7, 11) is 0. The zero-order valence-corrected chi connectivity index (χ0v) is 10.5. The summed E-state index contributed by atoms with van der Waals surface area (Å²) >= 11 is 0. The highest BCUT2D eigenvalue weighted by Crippen LogP contribution is 2.20. The summed E-state index contributed by atoms with van der Waals surface area (Å²) in [6.45, 7) is 5.11. The average molecular weight is 232 g/mol. The second-order valence-corrected chi connectivity index (χ2v) is 4.64. The number of hydrogen-bond acceptors (Lipinski definition) is 2. The van der Waals surface area contributed by atoms with E-state index in [4.69, 9.17) is 0 Å². The summed E-state index contributed by atoms with van der Waals surface area (Å²) in [6, 6.07) is 8.29. The van der Waals surface area contributed by atoms with E-state index in [-0.39, 0.29) is 17.9 Å². The standard InChI is InChI=1S/C14H20N2O/c1-3-11-6-4-5-7-13(11)16-14(17)12-8-9-15-10(12)2/h4-7,10,12,15H,3,8-9H2,1-2H3,(H,16,17). The lowest BCUT2D eigenvalue weighted by Gasteiger charge is -2.16. The molecule has 1 aliphatic heterocycles. The second-order valence-electron chi connectivity index (χ2n) is 4.64. The minimum atomic E-state index is 0.0971. The topological polar surface area (TPSA) is 41.1 Å². The van der Waals surface area contributed by atoms with Gasteiger partial charge >= 0.3 is 0 Å². The van der Waals surface area contributed by atoms with Crippen molar-refractivity contribution in [2.75, 3.05) is 11.9 Å².